The zero-order valence-corrected chi connectivity index (χ0v) is 13.4. The van der Waals surface area contributed by atoms with Gasteiger partial charge >= 0.3 is 0 Å². The van der Waals surface area contributed by atoms with Crippen LogP contribution in [-0.2, 0) is 13.2 Å². The number of aliphatic hydroxyl groups excluding tert-OH is 1. The third-order valence-electron chi connectivity index (χ3n) is 3.47. The highest BCUT2D eigenvalue weighted by atomic mass is 35.5. The van der Waals surface area contributed by atoms with Crippen molar-refractivity contribution in [2.75, 3.05) is 13.2 Å². The highest BCUT2D eigenvalue weighted by Crippen LogP contribution is 2.18. The summed E-state index contributed by atoms with van der Waals surface area (Å²) >= 11 is 6.11. The maximum Gasteiger partial charge on any atom is 0.119 e. The van der Waals surface area contributed by atoms with E-state index in [9.17, 15) is 0 Å². The smallest absolute Gasteiger partial charge is 0.119 e. The number of hydrogen-bond donors (Lipinski definition) is 2. The van der Waals surface area contributed by atoms with Gasteiger partial charge < -0.3 is 15.2 Å². The van der Waals surface area contributed by atoms with Gasteiger partial charge in [-0.25, -0.2) is 0 Å². The predicted molar refractivity (Wildman–Crippen MR) is 89.0 cm³/mol. The van der Waals surface area contributed by atoms with Gasteiger partial charge in [0.2, 0.25) is 0 Å². The van der Waals surface area contributed by atoms with Crippen molar-refractivity contribution >= 4 is 11.6 Å². The fraction of sp³-hybridized carbons (Fsp3) is 0.333. The van der Waals surface area contributed by atoms with Crippen LogP contribution in [0.1, 0.15) is 24.0 Å². The fourth-order valence-corrected chi connectivity index (χ4v) is 2.36. The van der Waals surface area contributed by atoms with Crippen molar-refractivity contribution in [1.29, 1.82) is 0 Å². The number of benzene rings is 2. The van der Waals surface area contributed by atoms with Crippen molar-refractivity contribution in [3.8, 4) is 5.75 Å². The third kappa shape index (κ3) is 5.68. The molecule has 0 spiro atoms. The maximum absolute atomic E-state index is 8.73. The number of aliphatic hydroxyl groups is 1. The zero-order chi connectivity index (χ0) is 15.6. The molecule has 0 heterocycles. The van der Waals surface area contributed by atoms with Gasteiger partial charge in [0, 0.05) is 22.8 Å². The lowest BCUT2D eigenvalue weighted by Crippen LogP contribution is -2.82. The van der Waals surface area contributed by atoms with Crippen LogP contribution in [0.4, 0.5) is 0 Å². The molecule has 2 aromatic rings. The van der Waals surface area contributed by atoms with E-state index in [0.29, 0.717) is 6.61 Å². The lowest BCUT2D eigenvalue weighted by atomic mass is 10.2. The lowest BCUT2D eigenvalue weighted by molar-refractivity contribution is -0.671. The number of rotatable bonds is 9. The minimum absolute atomic E-state index is 0.283. The Morgan fingerprint density at radius 3 is 2.50 bits per heavy atom. The van der Waals surface area contributed by atoms with Gasteiger partial charge in [-0.05, 0) is 43.2 Å². The molecule has 0 unspecified atom stereocenters. The summed E-state index contributed by atoms with van der Waals surface area (Å²) in [5.74, 6) is 0.851. The molecule has 0 saturated carbocycles. The Hall–Kier alpha value is -1.55. The highest BCUT2D eigenvalue weighted by Gasteiger charge is 2.01. The molecule has 0 amide bonds. The second-order valence-corrected chi connectivity index (χ2v) is 5.64. The molecule has 0 fully saturated rings. The van der Waals surface area contributed by atoms with E-state index in [-0.39, 0.29) is 6.61 Å². The van der Waals surface area contributed by atoms with Gasteiger partial charge in [-0.2, -0.15) is 0 Å². The Kier molecular flexibility index (Phi) is 7.23. The van der Waals surface area contributed by atoms with Crippen LogP contribution in [-0.4, -0.2) is 18.3 Å². The number of unbranched alkanes of at least 4 members (excludes halogenated alkanes) is 1. The summed E-state index contributed by atoms with van der Waals surface area (Å²) in [7, 11) is 0. The fourth-order valence-electron chi connectivity index (χ4n) is 2.17. The van der Waals surface area contributed by atoms with Crippen molar-refractivity contribution < 1.29 is 15.2 Å². The van der Waals surface area contributed by atoms with Crippen LogP contribution in [0, 0.1) is 0 Å². The van der Waals surface area contributed by atoms with E-state index in [4.69, 9.17) is 21.4 Å². The molecule has 0 aromatic heterocycles. The molecule has 4 heteroatoms. The van der Waals surface area contributed by atoms with Crippen LogP contribution >= 0.6 is 11.6 Å². The van der Waals surface area contributed by atoms with Gasteiger partial charge in [-0.3, -0.25) is 0 Å². The molecule has 22 heavy (non-hydrogen) atoms. The molecule has 0 bridgehead atoms. The number of halogens is 1. The summed E-state index contributed by atoms with van der Waals surface area (Å²) in [6, 6.07) is 15.9. The average Bonchev–Trinajstić information content (AvgIpc) is 2.55. The third-order valence-corrected chi connectivity index (χ3v) is 3.84. The number of nitrogens with two attached hydrogens (primary N) is 1. The minimum Gasteiger partial charge on any atom is -0.489 e. The summed E-state index contributed by atoms with van der Waals surface area (Å²) in [6.07, 6.45) is 1.93. The van der Waals surface area contributed by atoms with Crippen LogP contribution in [0.2, 0.25) is 5.02 Å². The van der Waals surface area contributed by atoms with Crippen molar-refractivity contribution in [3.05, 3.63) is 64.7 Å². The Morgan fingerprint density at radius 2 is 1.77 bits per heavy atom. The van der Waals surface area contributed by atoms with Gasteiger partial charge in [-0.15, -0.1) is 0 Å². The van der Waals surface area contributed by atoms with Crippen LogP contribution in [0.15, 0.2) is 48.5 Å². The SMILES string of the molecule is OCCCC[NH2+]Cc1ccc(OCc2ccccc2Cl)cc1. The summed E-state index contributed by atoms with van der Waals surface area (Å²) in [5, 5.41) is 11.7. The van der Waals surface area contributed by atoms with Crippen LogP contribution in [0.3, 0.4) is 0 Å². The molecule has 0 radical (unpaired) electrons. The predicted octanol–water partition coefficient (Wildman–Crippen LogP) is 2.75. The molecule has 0 saturated heterocycles. The molecule has 3 nitrogen and oxygen atoms in total. The maximum atomic E-state index is 8.73. The van der Waals surface area contributed by atoms with Gasteiger partial charge in [-0.1, -0.05) is 29.8 Å². The van der Waals surface area contributed by atoms with E-state index in [1.54, 1.807) is 0 Å². The molecule has 0 aliphatic rings. The molecule has 118 valence electrons. The monoisotopic (exact) mass is 320 g/mol. The minimum atomic E-state index is 0.283. The van der Waals surface area contributed by atoms with Crippen LogP contribution in [0.25, 0.3) is 0 Å². The Bertz CT molecular complexity index is 557. The first-order valence-electron chi connectivity index (χ1n) is 7.67. The van der Waals surface area contributed by atoms with E-state index < -0.39 is 0 Å². The van der Waals surface area contributed by atoms with Crippen LogP contribution in [0.5, 0.6) is 5.75 Å². The number of quaternary nitrogens is 1. The van der Waals surface area contributed by atoms with Crippen LogP contribution < -0.4 is 10.1 Å². The second-order valence-electron chi connectivity index (χ2n) is 5.24. The van der Waals surface area contributed by atoms with Gasteiger partial charge in [0.1, 0.15) is 18.9 Å². The summed E-state index contributed by atoms with van der Waals surface area (Å²) in [6.45, 7) is 2.76. The quantitative estimate of drug-likeness (QED) is 0.698. The number of ether oxygens (including phenoxy) is 1. The highest BCUT2D eigenvalue weighted by molar-refractivity contribution is 6.31. The number of hydrogen-bond acceptors (Lipinski definition) is 2. The van der Waals surface area contributed by atoms with E-state index in [2.05, 4.69) is 17.4 Å². The second kappa shape index (κ2) is 9.46. The summed E-state index contributed by atoms with van der Waals surface area (Å²) in [5.41, 5.74) is 2.26. The first-order valence-corrected chi connectivity index (χ1v) is 8.05. The lowest BCUT2D eigenvalue weighted by Gasteiger charge is -2.08. The molecule has 2 aromatic carbocycles. The largest absolute Gasteiger partial charge is 0.489 e. The average molecular weight is 321 g/mol. The molecule has 0 atom stereocenters. The normalized spacial score (nSPS) is 10.6. The van der Waals surface area contributed by atoms with Gasteiger partial charge in [0.15, 0.2) is 0 Å². The Labute approximate surface area is 136 Å². The first-order chi connectivity index (χ1) is 10.8. The van der Waals surface area contributed by atoms with E-state index >= 15 is 0 Å². The molecule has 3 N–H and O–H groups in total. The standard InChI is InChI=1S/C18H22ClNO2/c19-18-6-2-1-5-16(18)14-22-17-9-7-15(8-10-17)13-20-11-3-4-12-21/h1-2,5-10,20-21H,3-4,11-14H2/p+1. The van der Waals surface area contributed by atoms with E-state index in [1.807, 2.05) is 36.4 Å². The molecular formula is C18H23ClNO2+. The zero-order valence-electron chi connectivity index (χ0n) is 12.7. The topological polar surface area (TPSA) is 46.1 Å². The van der Waals surface area contributed by atoms with Crippen molar-refractivity contribution in [2.24, 2.45) is 0 Å². The van der Waals surface area contributed by atoms with Crippen molar-refractivity contribution in [2.45, 2.75) is 26.0 Å². The van der Waals surface area contributed by atoms with Crippen molar-refractivity contribution in [1.82, 2.24) is 0 Å². The molecular weight excluding hydrogens is 298 g/mol. The molecule has 2 rings (SSSR count). The first kappa shape index (κ1) is 16.8. The van der Waals surface area contributed by atoms with Crippen molar-refractivity contribution in [3.63, 3.8) is 0 Å². The van der Waals surface area contributed by atoms with E-state index in [1.165, 1.54) is 5.56 Å². The molecule has 0 aliphatic heterocycles. The van der Waals surface area contributed by atoms with Gasteiger partial charge in [0.25, 0.3) is 0 Å². The summed E-state index contributed by atoms with van der Waals surface area (Å²) < 4.78 is 5.76. The van der Waals surface area contributed by atoms with Gasteiger partial charge in [0.05, 0.1) is 6.54 Å². The van der Waals surface area contributed by atoms with E-state index in [0.717, 1.165) is 42.3 Å². The molecule has 0 aliphatic carbocycles. The summed E-state index contributed by atoms with van der Waals surface area (Å²) in [4.78, 5) is 0. The Morgan fingerprint density at radius 1 is 1.00 bits per heavy atom. The Balaban J connectivity index is 1.76.